The maximum Gasteiger partial charge on any atom is 0.251 e. The lowest BCUT2D eigenvalue weighted by Crippen LogP contribution is -2.25. The molecule has 0 aliphatic rings. The first kappa shape index (κ1) is 25.6. The number of carbonyl (C=O) groups excluding carboxylic acids is 2. The molecule has 184 valence electrons. The largest absolute Gasteiger partial charge is 0.490 e. The Balaban J connectivity index is 1.34. The van der Waals surface area contributed by atoms with Crippen molar-refractivity contribution in [2.45, 2.75) is 6.42 Å². The predicted octanol–water partition coefficient (Wildman–Crippen LogP) is 3.96. The van der Waals surface area contributed by atoms with E-state index >= 15 is 0 Å². The average Bonchev–Trinajstić information content (AvgIpc) is 2.89. The van der Waals surface area contributed by atoms with Gasteiger partial charge in [0.2, 0.25) is 5.91 Å². The highest BCUT2D eigenvalue weighted by Crippen LogP contribution is 2.16. The van der Waals surface area contributed by atoms with Crippen LogP contribution in [0.4, 0.5) is 11.4 Å². The van der Waals surface area contributed by atoms with Crippen LogP contribution in [0.2, 0.25) is 0 Å². The predicted molar refractivity (Wildman–Crippen MR) is 136 cm³/mol. The maximum atomic E-state index is 12.3. The second-order valence-corrected chi connectivity index (χ2v) is 7.62. The Labute approximate surface area is 205 Å². The average molecular weight is 478 g/mol. The molecule has 0 aliphatic carbocycles. The zero-order valence-electron chi connectivity index (χ0n) is 19.8. The number of hydrogen-bond donors (Lipinski definition) is 3. The van der Waals surface area contributed by atoms with Gasteiger partial charge in [-0.1, -0.05) is 18.2 Å². The van der Waals surface area contributed by atoms with E-state index in [-0.39, 0.29) is 18.4 Å². The Kier molecular flexibility index (Phi) is 10.4. The molecule has 3 rings (SSSR count). The first-order chi connectivity index (χ1) is 17.1. The van der Waals surface area contributed by atoms with E-state index in [2.05, 4.69) is 16.0 Å². The minimum atomic E-state index is -0.194. The topological polar surface area (TPSA) is 97.9 Å². The van der Waals surface area contributed by atoms with Crippen molar-refractivity contribution >= 4 is 23.2 Å². The van der Waals surface area contributed by atoms with Crippen LogP contribution in [0.5, 0.6) is 11.5 Å². The second-order valence-electron chi connectivity index (χ2n) is 7.62. The van der Waals surface area contributed by atoms with E-state index < -0.39 is 0 Å². The summed E-state index contributed by atoms with van der Waals surface area (Å²) < 4.78 is 16.2. The SMILES string of the molecule is COCCCNC(=O)c1ccc(NC(=O)CNc2ccc(OCCOc3ccccc3)cc2)cc1. The standard InChI is InChI=1S/C27H31N3O5/c1-33-17-5-16-28-27(32)21-8-10-23(11-9-21)30-26(31)20-29-22-12-14-25(15-13-22)35-19-18-34-24-6-3-2-4-7-24/h2-4,6-15,29H,5,16-20H2,1H3,(H,28,32)(H,30,31). The van der Waals surface area contributed by atoms with Gasteiger partial charge in [-0.2, -0.15) is 0 Å². The van der Waals surface area contributed by atoms with Crippen LogP contribution in [0.3, 0.4) is 0 Å². The Morgan fingerprint density at radius 2 is 1.37 bits per heavy atom. The van der Waals surface area contributed by atoms with Crippen LogP contribution in [0.25, 0.3) is 0 Å². The smallest absolute Gasteiger partial charge is 0.251 e. The van der Waals surface area contributed by atoms with E-state index in [0.29, 0.717) is 37.6 Å². The van der Waals surface area contributed by atoms with Gasteiger partial charge >= 0.3 is 0 Å². The summed E-state index contributed by atoms with van der Waals surface area (Å²) in [4.78, 5) is 24.4. The van der Waals surface area contributed by atoms with Crippen molar-refractivity contribution in [3.05, 3.63) is 84.4 Å². The molecule has 3 aromatic carbocycles. The number of amides is 2. The summed E-state index contributed by atoms with van der Waals surface area (Å²) in [6.45, 7) is 2.13. The molecule has 0 heterocycles. The van der Waals surface area contributed by atoms with E-state index in [1.165, 1.54) is 0 Å². The van der Waals surface area contributed by atoms with Gasteiger partial charge in [0.15, 0.2) is 0 Å². The van der Waals surface area contributed by atoms with E-state index in [0.717, 1.165) is 23.6 Å². The van der Waals surface area contributed by atoms with Crippen LogP contribution in [0.1, 0.15) is 16.8 Å². The first-order valence-electron chi connectivity index (χ1n) is 11.5. The molecule has 0 saturated carbocycles. The summed E-state index contributed by atoms with van der Waals surface area (Å²) in [5, 5.41) is 8.71. The summed E-state index contributed by atoms with van der Waals surface area (Å²) in [5.74, 6) is 1.18. The molecule has 2 amide bonds. The van der Waals surface area contributed by atoms with Crippen LogP contribution < -0.4 is 25.4 Å². The van der Waals surface area contributed by atoms with Gasteiger partial charge in [0.1, 0.15) is 24.7 Å². The number of methoxy groups -OCH3 is 1. The third-order valence-electron chi connectivity index (χ3n) is 4.91. The monoisotopic (exact) mass is 477 g/mol. The summed E-state index contributed by atoms with van der Waals surface area (Å²) in [5.41, 5.74) is 1.95. The van der Waals surface area contributed by atoms with Gasteiger partial charge in [-0.05, 0) is 67.1 Å². The molecule has 35 heavy (non-hydrogen) atoms. The minimum Gasteiger partial charge on any atom is -0.490 e. The van der Waals surface area contributed by atoms with E-state index in [9.17, 15) is 9.59 Å². The fraction of sp³-hybridized carbons (Fsp3) is 0.259. The molecule has 0 atom stereocenters. The van der Waals surface area contributed by atoms with E-state index in [4.69, 9.17) is 14.2 Å². The Hall–Kier alpha value is -4.04. The van der Waals surface area contributed by atoms with Crippen LogP contribution in [0.15, 0.2) is 78.9 Å². The molecule has 0 fully saturated rings. The molecule has 8 heteroatoms. The third-order valence-corrected chi connectivity index (χ3v) is 4.91. The van der Waals surface area contributed by atoms with Gasteiger partial charge in [0.05, 0.1) is 6.54 Å². The lowest BCUT2D eigenvalue weighted by Gasteiger charge is -2.11. The van der Waals surface area contributed by atoms with Crippen molar-refractivity contribution in [3.8, 4) is 11.5 Å². The van der Waals surface area contributed by atoms with Gasteiger partial charge in [-0.3, -0.25) is 9.59 Å². The molecule has 0 radical (unpaired) electrons. The van der Waals surface area contributed by atoms with Crippen molar-refractivity contribution in [1.29, 1.82) is 0 Å². The summed E-state index contributed by atoms with van der Waals surface area (Å²) in [6.07, 6.45) is 0.753. The minimum absolute atomic E-state index is 0.104. The summed E-state index contributed by atoms with van der Waals surface area (Å²) in [7, 11) is 1.63. The zero-order valence-corrected chi connectivity index (χ0v) is 19.8. The zero-order chi connectivity index (χ0) is 24.7. The molecule has 3 aromatic rings. The van der Waals surface area contributed by atoms with Gasteiger partial charge < -0.3 is 30.2 Å². The highest BCUT2D eigenvalue weighted by atomic mass is 16.5. The molecular formula is C27H31N3O5. The van der Waals surface area contributed by atoms with Crippen LogP contribution >= 0.6 is 0 Å². The highest BCUT2D eigenvalue weighted by molar-refractivity contribution is 5.96. The van der Waals surface area contributed by atoms with Crippen molar-refractivity contribution < 1.29 is 23.8 Å². The molecular weight excluding hydrogens is 446 g/mol. The molecule has 0 aromatic heterocycles. The van der Waals surface area contributed by atoms with Gasteiger partial charge in [-0.25, -0.2) is 0 Å². The van der Waals surface area contributed by atoms with Crippen molar-refractivity contribution in [2.75, 3.05) is 50.7 Å². The fourth-order valence-electron chi connectivity index (χ4n) is 3.12. The Morgan fingerprint density at radius 1 is 0.743 bits per heavy atom. The normalized spacial score (nSPS) is 10.3. The number of anilines is 2. The molecule has 0 bridgehead atoms. The molecule has 8 nitrogen and oxygen atoms in total. The number of benzene rings is 3. The molecule has 0 aliphatic heterocycles. The van der Waals surface area contributed by atoms with Gasteiger partial charge in [0.25, 0.3) is 5.91 Å². The van der Waals surface area contributed by atoms with Gasteiger partial charge in [0, 0.05) is 37.2 Å². The fourth-order valence-corrected chi connectivity index (χ4v) is 3.12. The van der Waals surface area contributed by atoms with Gasteiger partial charge in [-0.15, -0.1) is 0 Å². The van der Waals surface area contributed by atoms with Crippen molar-refractivity contribution in [3.63, 3.8) is 0 Å². The number of hydrogen-bond acceptors (Lipinski definition) is 6. The summed E-state index contributed by atoms with van der Waals surface area (Å²) in [6, 6.07) is 23.7. The molecule has 0 spiro atoms. The first-order valence-corrected chi connectivity index (χ1v) is 11.5. The number of ether oxygens (including phenoxy) is 3. The van der Waals surface area contributed by atoms with E-state index in [1.54, 1.807) is 31.4 Å². The number of carbonyl (C=O) groups is 2. The number of nitrogens with one attached hydrogen (secondary N) is 3. The molecule has 0 unspecified atom stereocenters. The quantitative estimate of drug-likeness (QED) is 0.304. The van der Waals surface area contributed by atoms with E-state index in [1.807, 2.05) is 54.6 Å². The Morgan fingerprint density at radius 3 is 2.03 bits per heavy atom. The van der Waals surface area contributed by atoms with Crippen molar-refractivity contribution in [1.82, 2.24) is 5.32 Å². The Bertz CT molecular complexity index is 1040. The van der Waals surface area contributed by atoms with Crippen molar-refractivity contribution in [2.24, 2.45) is 0 Å². The highest BCUT2D eigenvalue weighted by Gasteiger charge is 2.07. The molecule has 3 N–H and O–H groups in total. The maximum absolute atomic E-state index is 12.3. The van der Waals surface area contributed by atoms with Crippen LogP contribution in [0, 0.1) is 0 Å². The third kappa shape index (κ3) is 9.38. The number of para-hydroxylation sites is 1. The van der Waals surface area contributed by atoms with Crippen LogP contribution in [-0.4, -0.2) is 51.8 Å². The lowest BCUT2D eigenvalue weighted by atomic mass is 10.2. The van der Waals surface area contributed by atoms with Crippen LogP contribution in [-0.2, 0) is 9.53 Å². The number of rotatable bonds is 14. The molecule has 0 saturated heterocycles. The second kappa shape index (κ2) is 14.3. The summed E-state index contributed by atoms with van der Waals surface area (Å²) >= 11 is 0. The lowest BCUT2D eigenvalue weighted by molar-refractivity contribution is -0.114.